The number of amides is 1. The number of carbonyl (C=O) groups excluding carboxylic acids is 1. The normalized spacial score (nSPS) is 10.8. The summed E-state index contributed by atoms with van der Waals surface area (Å²) in [4.78, 5) is 22.3. The highest BCUT2D eigenvalue weighted by atomic mass is 32.1. The van der Waals surface area contributed by atoms with Crippen LogP contribution in [-0.4, -0.2) is 23.0 Å². The lowest BCUT2D eigenvalue weighted by Gasteiger charge is -2.07. The summed E-state index contributed by atoms with van der Waals surface area (Å²) in [7, 11) is 1.62. The number of aryl methyl sites for hydroxylation is 2. The minimum Gasteiger partial charge on any atom is -0.496 e. The molecule has 152 valence electrons. The van der Waals surface area contributed by atoms with Crippen LogP contribution >= 0.6 is 22.7 Å². The molecule has 4 aromatic rings. The topological polar surface area (TPSA) is 64.1 Å². The molecular weight excluding hydrogens is 421 g/mol. The molecule has 0 aliphatic rings. The number of ether oxygens (including phenoxy) is 1. The van der Waals surface area contributed by atoms with E-state index in [9.17, 15) is 9.18 Å². The van der Waals surface area contributed by atoms with Crippen molar-refractivity contribution in [3.63, 3.8) is 0 Å². The van der Waals surface area contributed by atoms with Gasteiger partial charge >= 0.3 is 0 Å². The zero-order valence-corrected chi connectivity index (χ0v) is 18.2. The van der Waals surface area contributed by atoms with Gasteiger partial charge in [0, 0.05) is 16.5 Å². The van der Waals surface area contributed by atoms with Crippen LogP contribution in [0.4, 0.5) is 9.52 Å². The van der Waals surface area contributed by atoms with Crippen molar-refractivity contribution in [3.8, 4) is 27.6 Å². The standard InChI is InChI=1S/C22H18FN3O2S2/c1-12-4-9-18(28-3)16(10-12)17-11-29-22(25-17)26-20(27)19-13(2)24-21(30-19)14-5-7-15(23)8-6-14/h4-11H,1-3H3,(H,25,26,27). The van der Waals surface area contributed by atoms with Gasteiger partial charge in [-0.3, -0.25) is 10.1 Å². The SMILES string of the molecule is COc1ccc(C)cc1-c1csc(NC(=O)c2sc(-c3ccc(F)cc3)nc2C)n1. The minimum absolute atomic E-state index is 0.268. The Hall–Kier alpha value is -3.10. The second-order valence-corrected chi connectivity index (χ2v) is 8.49. The van der Waals surface area contributed by atoms with Crippen molar-refractivity contribution in [2.75, 3.05) is 12.4 Å². The zero-order chi connectivity index (χ0) is 21.3. The summed E-state index contributed by atoms with van der Waals surface area (Å²) >= 11 is 2.62. The Bertz CT molecular complexity index is 1220. The molecule has 2 aromatic carbocycles. The number of anilines is 1. The molecule has 0 unspecified atom stereocenters. The van der Waals surface area contributed by atoms with Gasteiger partial charge in [0.05, 0.1) is 18.5 Å². The number of halogens is 1. The monoisotopic (exact) mass is 439 g/mol. The summed E-state index contributed by atoms with van der Waals surface area (Å²) in [6, 6.07) is 11.9. The van der Waals surface area contributed by atoms with Crippen LogP contribution in [-0.2, 0) is 0 Å². The Morgan fingerprint density at radius 3 is 2.60 bits per heavy atom. The molecule has 0 atom stereocenters. The van der Waals surface area contributed by atoms with E-state index in [4.69, 9.17) is 4.74 Å². The molecule has 2 heterocycles. The molecule has 0 saturated heterocycles. The molecule has 2 aromatic heterocycles. The smallest absolute Gasteiger partial charge is 0.269 e. The van der Waals surface area contributed by atoms with Crippen molar-refractivity contribution in [1.29, 1.82) is 0 Å². The minimum atomic E-state index is -0.310. The van der Waals surface area contributed by atoms with Crippen LogP contribution in [0.3, 0.4) is 0 Å². The van der Waals surface area contributed by atoms with Crippen molar-refractivity contribution >= 4 is 33.7 Å². The Morgan fingerprint density at radius 1 is 1.10 bits per heavy atom. The van der Waals surface area contributed by atoms with Crippen molar-refractivity contribution in [2.24, 2.45) is 0 Å². The molecular formula is C22H18FN3O2S2. The van der Waals surface area contributed by atoms with Crippen molar-refractivity contribution < 1.29 is 13.9 Å². The number of rotatable bonds is 5. The average molecular weight is 440 g/mol. The molecule has 30 heavy (non-hydrogen) atoms. The molecule has 1 N–H and O–H groups in total. The maximum absolute atomic E-state index is 13.2. The van der Waals surface area contributed by atoms with Gasteiger partial charge in [-0.2, -0.15) is 0 Å². The number of hydrogen-bond donors (Lipinski definition) is 1. The first-order chi connectivity index (χ1) is 14.4. The van der Waals surface area contributed by atoms with Crippen LogP contribution in [0.5, 0.6) is 5.75 Å². The first-order valence-corrected chi connectivity index (χ1v) is 10.8. The number of methoxy groups -OCH3 is 1. The van der Waals surface area contributed by atoms with Crippen LogP contribution < -0.4 is 10.1 Å². The molecule has 1 amide bonds. The molecule has 4 rings (SSSR count). The van der Waals surface area contributed by atoms with E-state index in [-0.39, 0.29) is 11.7 Å². The van der Waals surface area contributed by atoms with Gasteiger partial charge in [0.1, 0.15) is 21.5 Å². The quantitative estimate of drug-likeness (QED) is 0.417. The second kappa shape index (κ2) is 8.33. The Morgan fingerprint density at radius 2 is 1.87 bits per heavy atom. The van der Waals surface area contributed by atoms with Crippen LogP contribution in [0.2, 0.25) is 0 Å². The van der Waals surface area contributed by atoms with Crippen molar-refractivity contribution in [2.45, 2.75) is 13.8 Å². The van der Waals surface area contributed by atoms with Crippen LogP contribution in [0.15, 0.2) is 47.8 Å². The van der Waals surface area contributed by atoms with Gasteiger partial charge in [-0.1, -0.05) is 11.6 Å². The summed E-state index contributed by atoms with van der Waals surface area (Å²) in [6.07, 6.45) is 0. The highest BCUT2D eigenvalue weighted by Crippen LogP contribution is 2.34. The van der Waals surface area contributed by atoms with Gasteiger partial charge in [0.2, 0.25) is 0 Å². The average Bonchev–Trinajstić information content (AvgIpc) is 3.35. The Labute approximate surface area is 181 Å². The lowest BCUT2D eigenvalue weighted by atomic mass is 10.1. The van der Waals surface area contributed by atoms with Crippen LogP contribution in [0, 0.1) is 19.7 Å². The summed E-state index contributed by atoms with van der Waals surface area (Å²) in [6.45, 7) is 3.78. The maximum Gasteiger partial charge on any atom is 0.269 e. The summed E-state index contributed by atoms with van der Waals surface area (Å²) in [5.74, 6) is 0.149. The first kappa shape index (κ1) is 20.2. The Balaban J connectivity index is 1.56. The number of thiazole rings is 2. The van der Waals surface area contributed by atoms with E-state index < -0.39 is 0 Å². The molecule has 5 nitrogen and oxygen atoms in total. The summed E-state index contributed by atoms with van der Waals surface area (Å²) in [5, 5.41) is 5.90. The maximum atomic E-state index is 13.2. The number of nitrogens with one attached hydrogen (secondary N) is 1. The molecule has 8 heteroatoms. The molecule has 0 saturated carbocycles. The molecule has 0 aliphatic carbocycles. The van der Waals surface area contributed by atoms with Crippen molar-refractivity contribution in [3.05, 3.63) is 69.8 Å². The number of nitrogens with zero attached hydrogens (tertiary/aromatic N) is 2. The lowest BCUT2D eigenvalue weighted by Crippen LogP contribution is -2.11. The number of carbonyl (C=O) groups is 1. The van der Waals surface area contributed by atoms with Crippen LogP contribution in [0.1, 0.15) is 20.9 Å². The fourth-order valence-electron chi connectivity index (χ4n) is 2.95. The molecule has 0 radical (unpaired) electrons. The molecule has 0 spiro atoms. The van der Waals surface area contributed by atoms with Gasteiger partial charge in [0.25, 0.3) is 5.91 Å². The van der Waals surface area contributed by atoms with Gasteiger partial charge in [-0.25, -0.2) is 14.4 Å². The lowest BCUT2D eigenvalue weighted by molar-refractivity contribution is 0.103. The fourth-order valence-corrected chi connectivity index (χ4v) is 4.63. The second-order valence-electron chi connectivity index (χ2n) is 6.64. The van der Waals surface area contributed by atoms with Gasteiger partial charge < -0.3 is 4.74 Å². The van der Waals surface area contributed by atoms with Gasteiger partial charge in [-0.15, -0.1) is 22.7 Å². The highest BCUT2D eigenvalue weighted by molar-refractivity contribution is 7.17. The third kappa shape index (κ3) is 4.10. The van der Waals surface area contributed by atoms with Gasteiger partial charge in [0.15, 0.2) is 5.13 Å². The summed E-state index contributed by atoms with van der Waals surface area (Å²) < 4.78 is 18.6. The predicted octanol–water partition coefficient (Wildman–Crippen LogP) is 5.95. The zero-order valence-electron chi connectivity index (χ0n) is 16.5. The summed E-state index contributed by atoms with van der Waals surface area (Å²) in [5.41, 5.74) is 4.10. The van der Waals surface area contributed by atoms with E-state index in [1.54, 1.807) is 26.2 Å². The number of benzene rings is 2. The fraction of sp³-hybridized carbons (Fsp3) is 0.136. The van der Waals surface area contributed by atoms with E-state index in [1.165, 1.54) is 34.8 Å². The van der Waals surface area contributed by atoms with Gasteiger partial charge in [-0.05, 0) is 50.2 Å². The number of hydrogen-bond acceptors (Lipinski definition) is 6. The predicted molar refractivity (Wildman–Crippen MR) is 119 cm³/mol. The van der Waals surface area contributed by atoms with E-state index in [0.717, 1.165) is 28.1 Å². The molecule has 0 fully saturated rings. The van der Waals surface area contributed by atoms with Crippen LogP contribution in [0.25, 0.3) is 21.8 Å². The highest BCUT2D eigenvalue weighted by Gasteiger charge is 2.18. The molecule has 0 bridgehead atoms. The number of aromatic nitrogens is 2. The Kier molecular flexibility index (Phi) is 5.61. The molecule has 0 aliphatic heterocycles. The largest absolute Gasteiger partial charge is 0.496 e. The first-order valence-electron chi connectivity index (χ1n) is 9.10. The van der Waals surface area contributed by atoms with E-state index in [1.807, 2.05) is 30.5 Å². The third-order valence-electron chi connectivity index (χ3n) is 4.45. The third-order valence-corrected chi connectivity index (χ3v) is 6.41. The van der Waals surface area contributed by atoms with Crippen molar-refractivity contribution in [1.82, 2.24) is 9.97 Å². The van der Waals surface area contributed by atoms with E-state index in [0.29, 0.717) is 20.7 Å². The van der Waals surface area contributed by atoms with E-state index in [2.05, 4.69) is 15.3 Å². The van der Waals surface area contributed by atoms with E-state index >= 15 is 0 Å².